The van der Waals surface area contributed by atoms with Crippen LogP contribution < -0.4 is 0 Å². The van der Waals surface area contributed by atoms with Crippen molar-refractivity contribution in [2.75, 3.05) is 18.8 Å². The zero-order valence-corrected chi connectivity index (χ0v) is 12.7. The van der Waals surface area contributed by atoms with Crippen LogP contribution in [0, 0.1) is 6.92 Å². The van der Waals surface area contributed by atoms with Gasteiger partial charge in [-0.3, -0.25) is 0 Å². The van der Waals surface area contributed by atoms with E-state index in [0.717, 1.165) is 5.75 Å². The molecule has 0 aliphatic carbocycles. The topological polar surface area (TPSA) is 50.5 Å². The van der Waals surface area contributed by atoms with Gasteiger partial charge < -0.3 is 4.42 Å². The van der Waals surface area contributed by atoms with E-state index in [1.165, 1.54) is 10.4 Å². The number of alkyl halides is 1. The van der Waals surface area contributed by atoms with Gasteiger partial charge in [0.1, 0.15) is 16.4 Å². The molecule has 1 saturated heterocycles. The Morgan fingerprint density at radius 3 is 2.89 bits per heavy atom. The van der Waals surface area contributed by atoms with E-state index in [0.29, 0.717) is 29.9 Å². The van der Waals surface area contributed by atoms with E-state index in [1.807, 2.05) is 6.92 Å². The summed E-state index contributed by atoms with van der Waals surface area (Å²) in [6.45, 7) is 4.80. The first-order valence-corrected chi connectivity index (χ1v) is 8.74. The molecule has 2 heterocycles. The standard InChI is InChI=1S/C11H16ClNO3S2/c1-8-7-13(3-4-17-8)18(14,15)11-5-10(6-12)16-9(11)2/h5,8H,3-4,6-7H2,1-2H3. The van der Waals surface area contributed by atoms with Crippen molar-refractivity contribution in [1.29, 1.82) is 0 Å². The maximum Gasteiger partial charge on any atom is 0.246 e. The second-order valence-electron chi connectivity index (χ2n) is 4.31. The van der Waals surface area contributed by atoms with Crippen LogP contribution in [0.5, 0.6) is 0 Å². The van der Waals surface area contributed by atoms with Crippen LogP contribution >= 0.6 is 23.4 Å². The van der Waals surface area contributed by atoms with E-state index >= 15 is 0 Å². The van der Waals surface area contributed by atoms with Crippen molar-refractivity contribution >= 4 is 33.4 Å². The van der Waals surface area contributed by atoms with Crippen molar-refractivity contribution in [2.24, 2.45) is 0 Å². The Kier molecular flexibility index (Phi) is 4.31. The highest BCUT2D eigenvalue weighted by molar-refractivity contribution is 8.00. The van der Waals surface area contributed by atoms with Crippen LogP contribution in [0.4, 0.5) is 0 Å². The third kappa shape index (κ3) is 2.71. The summed E-state index contributed by atoms with van der Waals surface area (Å²) < 4.78 is 31.8. The van der Waals surface area contributed by atoms with Gasteiger partial charge in [0, 0.05) is 30.2 Å². The summed E-state index contributed by atoms with van der Waals surface area (Å²) in [5.41, 5.74) is 0. The van der Waals surface area contributed by atoms with E-state index in [2.05, 4.69) is 0 Å². The summed E-state index contributed by atoms with van der Waals surface area (Å²) in [5.74, 6) is 1.92. The lowest BCUT2D eigenvalue weighted by Crippen LogP contribution is -2.41. The number of hydrogen-bond acceptors (Lipinski definition) is 4. The van der Waals surface area contributed by atoms with Crippen LogP contribution in [0.2, 0.25) is 0 Å². The second-order valence-corrected chi connectivity index (χ2v) is 8.03. The molecule has 0 N–H and O–H groups in total. The van der Waals surface area contributed by atoms with Gasteiger partial charge in [-0.2, -0.15) is 16.1 Å². The van der Waals surface area contributed by atoms with Crippen LogP contribution in [0.1, 0.15) is 18.4 Å². The molecule has 1 aliphatic rings. The number of aryl methyl sites for hydroxylation is 1. The van der Waals surface area contributed by atoms with Crippen molar-refractivity contribution in [2.45, 2.75) is 29.9 Å². The number of furan rings is 1. The smallest absolute Gasteiger partial charge is 0.246 e. The van der Waals surface area contributed by atoms with Gasteiger partial charge in [0.05, 0.1) is 5.88 Å². The number of hydrogen-bond donors (Lipinski definition) is 0. The molecule has 0 bridgehead atoms. The van der Waals surface area contributed by atoms with E-state index in [9.17, 15) is 8.42 Å². The fraction of sp³-hybridized carbons (Fsp3) is 0.636. The molecule has 2 rings (SSSR count). The molecule has 1 fully saturated rings. The second kappa shape index (κ2) is 5.45. The van der Waals surface area contributed by atoms with Gasteiger partial charge in [-0.15, -0.1) is 11.6 Å². The Morgan fingerprint density at radius 2 is 2.33 bits per heavy atom. The first kappa shape index (κ1) is 14.2. The quantitative estimate of drug-likeness (QED) is 0.805. The van der Waals surface area contributed by atoms with Crippen LogP contribution in [-0.4, -0.2) is 36.8 Å². The molecule has 1 unspecified atom stereocenters. The SMILES string of the molecule is Cc1oc(CCl)cc1S(=O)(=O)N1CCSC(C)C1. The number of nitrogens with zero attached hydrogens (tertiary/aromatic N) is 1. The summed E-state index contributed by atoms with van der Waals surface area (Å²) in [6, 6.07) is 1.53. The van der Waals surface area contributed by atoms with E-state index in [4.69, 9.17) is 16.0 Å². The predicted octanol–water partition coefficient (Wildman–Crippen LogP) is 2.45. The van der Waals surface area contributed by atoms with Crippen molar-refractivity contribution in [3.63, 3.8) is 0 Å². The lowest BCUT2D eigenvalue weighted by atomic mass is 10.4. The molecule has 0 spiro atoms. The minimum absolute atomic E-state index is 0.183. The molecule has 1 aromatic rings. The monoisotopic (exact) mass is 309 g/mol. The molecular formula is C11H16ClNO3S2. The minimum Gasteiger partial charge on any atom is -0.464 e. The number of thioether (sulfide) groups is 1. The van der Waals surface area contributed by atoms with Crippen LogP contribution in [0.15, 0.2) is 15.4 Å². The highest BCUT2D eigenvalue weighted by atomic mass is 35.5. The van der Waals surface area contributed by atoms with Crippen LogP contribution in [0.3, 0.4) is 0 Å². The Bertz CT molecular complexity index is 526. The summed E-state index contributed by atoms with van der Waals surface area (Å²) >= 11 is 7.46. The molecule has 7 heteroatoms. The summed E-state index contributed by atoms with van der Waals surface area (Å²) in [5, 5.41) is 0.327. The Morgan fingerprint density at radius 1 is 1.61 bits per heavy atom. The van der Waals surface area contributed by atoms with Crippen molar-refractivity contribution in [1.82, 2.24) is 4.31 Å². The molecule has 4 nitrogen and oxygen atoms in total. The van der Waals surface area contributed by atoms with Crippen molar-refractivity contribution < 1.29 is 12.8 Å². The van der Waals surface area contributed by atoms with Crippen molar-refractivity contribution in [3.05, 3.63) is 17.6 Å². The third-order valence-electron chi connectivity index (χ3n) is 2.88. The first-order chi connectivity index (χ1) is 8.45. The largest absolute Gasteiger partial charge is 0.464 e. The Labute approximate surface area is 117 Å². The van der Waals surface area contributed by atoms with Crippen molar-refractivity contribution in [3.8, 4) is 0 Å². The Hall–Kier alpha value is -0.170. The fourth-order valence-electron chi connectivity index (χ4n) is 1.99. The van der Waals surface area contributed by atoms with E-state index < -0.39 is 10.0 Å². The molecule has 0 aromatic carbocycles. The third-order valence-corrected chi connectivity index (χ3v) is 6.25. The minimum atomic E-state index is -3.45. The highest BCUT2D eigenvalue weighted by Crippen LogP contribution is 2.28. The van der Waals surface area contributed by atoms with Gasteiger partial charge in [0.2, 0.25) is 10.0 Å². The van der Waals surface area contributed by atoms with Gasteiger partial charge in [-0.05, 0) is 6.92 Å². The molecule has 0 saturated carbocycles. The molecular weight excluding hydrogens is 294 g/mol. The van der Waals surface area contributed by atoms with Gasteiger partial charge >= 0.3 is 0 Å². The van der Waals surface area contributed by atoms with Crippen LogP contribution in [0.25, 0.3) is 0 Å². The average Bonchev–Trinajstić information content (AvgIpc) is 2.71. The highest BCUT2D eigenvalue weighted by Gasteiger charge is 2.31. The number of rotatable bonds is 3. The van der Waals surface area contributed by atoms with Gasteiger partial charge in [-0.25, -0.2) is 8.42 Å². The maximum atomic E-state index is 12.5. The van der Waals surface area contributed by atoms with Gasteiger partial charge in [0.15, 0.2) is 0 Å². The molecule has 1 aliphatic heterocycles. The molecule has 1 atom stereocenters. The molecule has 102 valence electrons. The van der Waals surface area contributed by atoms with Crippen LogP contribution in [-0.2, 0) is 15.9 Å². The lowest BCUT2D eigenvalue weighted by Gasteiger charge is -2.29. The predicted molar refractivity (Wildman–Crippen MR) is 73.7 cm³/mol. The van der Waals surface area contributed by atoms with E-state index in [1.54, 1.807) is 18.7 Å². The van der Waals surface area contributed by atoms with Gasteiger partial charge in [0.25, 0.3) is 0 Å². The zero-order chi connectivity index (χ0) is 13.3. The molecule has 1 aromatic heterocycles. The average molecular weight is 310 g/mol. The maximum absolute atomic E-state index is 12.5. The van der Waals surface area contributed by atoms with Gasteiger partial charge in [-0.1, -0.05) is 6.92 Å². The number of halogens is 1. The normalized spacial score (nSPS) is 22.3. The Balaban J connectivity index is 2.32. The molecule has 0 amide bonds. The fourth-order valence-corrected chi connectivity index (χ4v) is 5.06. The zero-order valence-electron chi connectivity index (χ0n) is 10.3. The summed E-state index contributed by atoms with van der Waals surface area (Å²) in [7, 11) is -3.45. The molecule has 18 heavy (non-hydrogen) atoms. The summed E-state index contributed by atoms with van der Waals surface area (Å²) in [4.78, 5) is 0.247. The lowest BCUT2D eigenvalue weighted by molar-refractivity contribution is 0.421. The van der Waals surface area contributed by atoms with E-state index in [-0.39, 0.29) is 10.8 Å². The summed E-state index contributed by atoms with van der Waals surface area (Å²) in [6.07, 6.45) is 0. The molecule has 0 radical (unpaired) electrons. The number of sulfonamides is 1. The first-order valence-electron chi connectivity index (χ1n) is 5.72.